The molecule has 1 N–H and O–H groups in total. The van der Waals surface area contributed by atoms with Gasteiger partial charge in [-0.05, 0) is 32.0 Å². The van der Waals surface area contributed by atoms with Crippen molar-refractivity contribution in [2.24, 2.45) is 0 Å². The molecule has 1 aromatic carbocycles. The zero-order valence-electron chi connectivity index (χ0n) is 11.0. The van der Waals surface area contributed by atoms with E-state index < -0.39 is 0 Å². The van der Waals surface area contributed by atoms with Crippen molar-refractivity contribution >= 4 is 11.2 Å². The molecule has 4 heteroatoms. The lowest BCUT2D eigenvalue weighted by Crippen LogP contribution is -1.99. The summed E-state index contributed by atoms with van der Waals surface area (Å²) in [6, 6.07) is 9.34. The Labute approximate surface area is 111 Å². The van der Waals surface area contributed by atoms with Gasteiger partial charge in [-0.25, -0.2) is 9.97 Å². The van der Waals surface area contributed by atoms with E-state index in [4.69, 9.17) is 0 Å². The predicted molar refractivity (Wildman–Crippen MR) is 75.0 cm³/mol. The minimum Gasteiger partial charge on any atom is -0.508 e. The molecule has 19 heavy (non-hydrogen) atoms. The first-order valence-corrected chi connectivity index (χ1v) is 6.32. The van der Waals surface area contributed by atoms with Gasteiger partial charge in [0.15, 0.2) is 5.65 Å². The molecular weight excluding hydrogens is 238 g/mol. The Hall–Kier alpha value is -2.36. The molecule has 2 aromatic heterocycles. The van der Waals surface area contributed by atoms with Gasteiger partial charge in [0.05, 0.1) is 0 Å². The first-order chi connectivity index (χ1) is 9.22. The third-order valence-corrected chi connectivity index (χ3v) is 3.37. The van der Waals surface area contributed by atoms with Crippen molar-refractivity contribution in [3.63, 3.8) is 0 Å². The molecule has 0 fully saturated rings. The van der Waals surface area contributed by atoms with Crippen LogP contribution in [0.2, 0.25) is 0 Å². The monoisotopic (exact) mass is 253 g/mol. The Bertz CT molecular complexity index is 746. The van der Waals surface area contributed by atoms with Crippen LogP contribution in [0.15, 0.2) is 36.5 Å². The molecular formula is C15H15N3O. The van der Waals surface area contributed by atoms with Crippen LogP contribution in [-0.4, -0.2) is 19.6 Å². The highest BCUT2D eigenvalue weighted by atomic mass is 16.3. The fraction of sp³-hybridized carbons (Fsp3) is 0.200. The number of phenols is 1. The summed E-state index contributed by atoms with van der Waals surface area (Å²) in [5.74, 6) is 1.14. The van der Waals surface area contributed by atoms with Crippen LogP contribution < -0.4 is 0 Å². The maximum Gasteiger partial charge on any atom is 0.160 e. The van der Waals surface area contributed by atoms with E-state index in [1.807, 2.05) is 31.2 Å². The number of hydrogen-bond acceptors (Lipinski definition) is 3. The molecule has 3 rings (SSSR count). The Morgan fingerprint density at radius 1 is 1.21 bits per heavy atom. The lowest BCUT2D eigenvalue weighted by atomic mass is 10.1. The maximum absolute atomic E-state index is 9.85. The summed E-state index contributed by atoms with van der Waals surface area (Å²) in [6.45, 7) is 4.76. The molecule has 0 amide bonds. The topological polar surface area (TPSA) is 50.9 Å². The minimum atomic E-state index is 0.292. The zero-order chi connectivity index (χ0) is 13.4. The SMILES string of the molecule is CCn1c(-c2cccc(O)c2C)nc2cccnc21. The number of aromatic hydroxyl groups is 1. The summed E-state index contributed by atoms with van der Waals surface area (Å²) in [4.78, 5) is 9.03. The van der Waals surface area contributed by atoms with Gasteiger partial charge in [-0.2, -0.15) is 0 Å². The molecule has 2 heterocycles. The van der Waals surface area contributed by atoms with Crippen molar-refractivity contribution in [1.29, 1.82) is 0 Å². The molecule has 96 valence electrons. The Balaban J connectivity index is 2.33. The third kappa shape index (κ3) is 1.76. The van der Waals surface area contributed by atoms with Crippen molar-refractivity contribution < 1.29 is 5.11 Å². The molecule has 0 saturated carbocycles. The van der Waals surface area contributed by atoms with Gasteiger partial charge in [0.25, 0.3) is 0 Å². The Kier molecular flexibility index (Phi) is 2.71. The van der Waals surface area contributed by atoms with E-state index in [1.54, 1.807) is 12.3 Å². The third-order valence-electron chi connectivity index (χ3n) is 3.37. The van der Waals surface area contributed by atoms with Crippen molar-refractivity contribution in [2.45, 2.75) is 20.4 Å². The van der Waals surface area contributed by atoms with Gasteiger partial charge in [-0.15, -0.1) is 0 Å². The molecule has 0 radical (unpaired) electrons. The molecule has 4 nitrogen and oxygen atoms in total. The maximum atomic E-state index is 9.85. The predicted octanol–water partition coefficient (Wildman–Crippen LogP) is 3.13. The second-order valence-electron chi connectivity index (χ2n) is 4.48. The summed E-state index contributed by atoms with van der Waals surface area (Å²) < 4.78 is 2.07. The van der Waals surface area contributed by atoms with Crippen LogP contribution in [0.3, 0.4) is 0 Å². The molecule has 0 aliphatic carbocycles. The van der Waals surface area contributed by atoms with E-state index in [9.17, 15) is 5.11 Å². The van der Waals surface area contributed by atoms with E-state index in [-0.39, 0.29) is 0 Å². The number of phenolic OH excluding ortho intramolecular Hbond substituents is 1. The second kappa shape index (κ2) is 4.39. The molecule has 0 saturated heterocycles. The highest BCUT2D eigenvalue weighted by Crippen LogP contribution is 2.30. The fourth-order valence-electron chi connectivity index (χ4n) is 2.33. The number of hydrogen-bond donors (Lipinski definition) is 1. The molecule has 0 unspecified atom stereocenters. The van der Waals surface area contributed by atoms with Crippen LogP contribution >= 0.6 is 0 Å². The van der Waals surface area contributed by atoms with Crippen LogP contribution in [0.5, 0.6) is 5.75 Å². The van der Waals surface area contributed by atoms with Gasteiger partial charge in [0.2, 0.25) is 0 Å². The Morgan fingerprint density at radius 2 is 2.05 bits per heavy atom. The van der Waals surface area contributed by atoms with Crippen LogP contribution in [0, 0.1) is 6.92 Å². The molecule has 0 aliphatic rings. The highest BCUT2D eigenvalue weighted by Gasteiger charge is 2.14. The second-order valence-corrected chi connectivity index (χ2v) is 4.48. The van der Waals surface area contributed by atoms with Crippen molar-refractivity contribution in [3.8, 4) is 17.1 Å². The van der Waals surface area contributed by atoms with Gasteiger partial charge < -0.3 is 9.67 Å². The summed E-state index contributed by atoms with van der Waals surface area (Å²) >= 11 is 0. The summed E-state index contributed by atoms with van der Waals surface area (Å²) in [6.07, 6.45) is 1.77. The van der Waals surface area contributed by atoms with Crippen molar-refractivity contribution in [3.05, 3.63) is 42.1 Å². The van der Waals surface area contributed by atoms with Crippen molar-refractivity contribution in [1.82, 2.24) is 14.5 Å². The number of benzene rings is 1. The average molecular weight is 253 g/mol. The average Bonchev–Trinajstić information content (AvgIpc) is 2.80. The number of nitrogens with zero attached hydrogens (tertiary/aromatic N) is 3. The van der Waals surface area contributed by atoms with Crippen LogP contribution in [0.25, 0.3) is 22.6 Å². The van der Waals surface area contributed by atoms with Crippen LogP contribution in [0.1, 0.15) is 12.5 Å². The first kappa shape index (κ1) is 11.7. The zero-order valence-corrected chi connectivity index (χ0v) is 11.0. The van der Waals surface area contributed by atoms with E-state index >= 15 is 0 Å². The molecule has 0 spiro atoms. The largest absolute Gasteiger partial charge is 0.508 e. The number of pyridine rings is 1. The van der Waals surface area contributed by atoms with E-state index in [1.165, 1.54) is 0 Å². The molecule has 3 aromatic rings. The van der Waals surface area contributed by atoms with E-state index in [0.29, 0.717) is 5.75 Å². The van der Waals surface area contributed by atoms with Gasteiger partial charge in [-0.1, -0.05) is 12.1 Å². The van der Waals surface area contributed by atoms with Crippen LogP contribution in [0.4, 0.5) is 0 Å². The first-order valence-electron chi connectivity index (χ1n) is 6.32. The highest BCUT2D eigenvalue weighted by molar-refractivity contribution is 5.78. The number of aryl methyl sites for hydroxylation is 1. The van der Waals surface area contributed by atoms with Crippen molar-refractivity contribution in [2.75, 3.05) is 0 Å². The molecule has 0 aliphatic heterocycles. The van der Waals surface area contributed by atoms with Gasteiger partial charge in [0.1, 0.15) is 17.1 Å². The quantitative estimate of drug-likeness (QED) is 0.763. The number of imidazole rings is 1. The molecule has 0 atom stereocenters. The summed E-state index contributed by atoms with van der Waals surface area (Å²) in [5, 5.41) is 9.85. The molecule has 0 bridgehead atoms. The lowest BCUT2D eigenvalue weighted by Gasteiger charge is -2.09. The Morgan fingerprint density at radius 3 is 2.84 bits per heavy atom. The van der Waals surface area contributed by atoms with E-state index in [0.717, 1.165) is 34.7 Å². The fourth-order valence-corrected chi connectivity index (χ4v) is 2.33. The van der Waals surface area contributed by atoms with E-state index in [2.05, 4.69) is 21.5 Å². The lowest BCUT2D eigenvalue weighted by molar-refractivity contribution is 0.471. The smallest absolute Gasteiger partial charge is 0.160 e. The number of fused-ring (bicyclic) bond motifs is 1. The van der Waals surface area contributed by atoms with Gasteiger partial charge in [0, 0.05) is 23.9 Å². The van der Waals surface area contributed by atoms with Gasteiger partial charge in [-0.3, -0.25) is 0 Å². The van der Waals surface area contributed by atoms with Crippen LogP contribution in [-0.2, 0) is 6.54 Å². The normalized spacial score (nSPS) is 11.1. The summed E-state index contributed by atoms with van der Waals surface area (Å²) in [7, 11) is 0. The number of aromatic nitrogens is 3. The van der Waals surface area contributed by atoms with Gasteiger partial charge >= 0.3 is 0 Å². The standard InChI is InChI=1S/C15H15N3O/c1-3-18-14(11-6-4-8-13(19)10(11)2)17-12-7-5-9-16-15(12)18/h4-9,19H,3H2,1-2H3. The number of rotatable bonds is 2. The summed E-state index contributed by atoms with van der Waals surface area (Å²) in [5.41, 5.74) is 3.54. The minimum absolute atomic E-state index is 0.292.